The highest BCUT2D eigenvalue weighted by molar-refractivity contribution is 5.44. The van der Waals surface area contributed by atoms with Crippen LogP contribution in [0.5, 0.6) is 11.5 Å². The van der Waals surface area contributed by atoms with Crippen LogP contribution in [0, 0.1) is 0 Å². The summed E-state index contributed by atoms with van der Waals surface area (Å²) in [6.45, 7) is 7.72. The molecule has 4 heteroatoms. The molecule has 0 radical (unpaired) electrons. The Bertz CT molecular complexity index is 442. The monoisotopic (exact) mass is 278 g/mol. The standard InChI is InChI=1S/C16H24N2O2/c1-2-7-18-8-5-14(6-9-18)17-11-13-3-4-15-16(10-13)20-12-19-15/h3-4,10,14,17H,2,5-9,11-12H2,1H3/p+2. The van der Waals surface area contributed by atoms with Gasteiger partial charge in [-0.1, -0.05) is 6.92 Å². The van der Waals surface area contributed by atoms with Gasteiger partial charge in [-0.05, 0) is 24.6 Å². The zero-order valence-corrected chi connectivity index (χ0v) is 12.4. The zero-order valence-electron chi connectivity index (χ0n) is 12.4. The summed E-state index contributed by atoms with van der Waals surface area (Å²) in [5.41, 5.74) is 1.33. The van der Waals surface area contributed by atoms with Crippen molar-refractivity contribution in [2.24, 2.45) is 0 Å². The van der Waals surface area contributed by atoms with E-state index in [1.165, 1.54) is 44.5 Å². The molecule has 1 saturated heterocycles. The van der Waals surface area contributed by atoms with E-state index >= 15 is 0 Å². The zero-order chi connectivity index (χ0) is 13.8. The van der Waals surface area contributed by atoms with Gasteiger partial charge in [-0.25, -0.2) is 0 Å². The third-order valence-electron chi connectivity index (χ3n) is 4.46. The minimum atomic E-state index is 0.362. The smallest absolute Gasteiger partial charge is 0.231 e. The number of rotatable bonds is 5. The van der Waals surface area contributed by atoms with Crippen LogP contribution in [0.2, 0.25) is 0 Å². The lowest BCUT2D eigenvalue weighted by Crippen LogP contribution is -3.14. The van der Waals surface area contributed by atoms with Gasteiger partial charge in [-0.3, -0.25) is 0 Å². The Labute approximate surface area is 121 Å². The lowest BCUT2D eigenvalue weighted by molar-refractivity contribution is -0.913. The molecule has 3 N–H and O–H groups in total. The second-order valence-electron chi connectivity index (χ2n) is 5.96. The minimum Gasteiger partial charge on any atom is -0.454 e. The van der Waals surface area contributed by atoms with E-state index in [-0.39, 0.29) is 0 Å². The molecule has 2 aliphatic heterocycles. The summed E-state index contributed by atoms with van der Waals surface area (Å²) >= 11 is 0. The van der Waals surface area contributed by atoms with Gasteiger partial charge in [-0.2, -0.15) is 0 Å². The third kappa shape index (κ3) is 3.25. The number of likely N-dealkylation sites (tertiary alicyclic amines) is 1. The maximum atomic E-state index is 5.43. The highest BCUT2D eigenvalue weighted by Crippen LogP contribution is 2.32. The third-order valence-corrected chi connectivity index (χ3v) is 4.46. The lowest BCUT2D eigenvalue weighted by atomic mass is 10.0. The van der Waals surface area contributed by atoms with Crippen molar-refractivity contribution in [2.45, 2.75) is 38.8 Å². The molecule has 0 spiro atoms. The maximum absolute atomic E-state index is 5.43. The van der Waals surface area contributed by atoms with Gasteiger partial charge in [0, 0.05) is 18.4 Å². The molecule has 1 aromatic carbocycles. The van der Waals surface area contributed by atoms with Crippen LogP contribution in [-0.2, 0) is 6.54 Å². The summed E-state index contributed by atoms with van der Waals surface area (Å²) in [5.74, 6) is 1.78. The van der Waals surface area contributed by atoms with Gasteiger partial charge in [0.2, 0.25) is 6.79 Å². The van der Waals surface area contributed by atoms with Gasteiger partial charge < -0.3 is 19.7 Å². The van der Waals surface area contributed by atoms with Crippen LogP contribution in [0.1, 0.15) is 31.7 Å². The van der Waals surface area contributed by atoms with Crippen LogP contribution >= 0.6 is 0 Å². The molecule has 0 atom stereocenters. The normalized spacial score (nSPS) is 24.9. The summed E-state index contributed by atoms with van der Waals surface area (Å²) in [6, 6.07) is 7.10. The number of ether oxygens (including phenoxy) is 2. The van der Waals surface area contributed by atoms with Crippen LogP contribution in [0.15, 0.2) is 18.2 Å². The Morgan fingerprint density at radius 2 is 2.00 bits per heavy atom. The van der Waals surface area contributed by atoms with E-state index < -0.39 is 0 Å². The average Bonchev–Trinajstić information content (AvgIpc) is 2.94. The van der Waals surface area contributed by atoms with Crippen molar-refractivity contribution in [2.75, 3.05) is 26.4 Å². The average molecular weight is 278 g/mol. The Hall–Kier alpha value is -1.26. The molecular weight excluding hydrogens is 252 g/mol. The molecule has 3 rings (SSSR count). The first-order chi connectivity index (χ1) is 9.85. The van der Waals surface area contributed by atoms with Crippen molar-refractivity contribution in [3.05, 3.63) is 23.8 Å². The number of hydrogen-bond acceptors (Lipinski definition) is 2. The van der Waals surface area contributed by atoms with E-state index in [1.807, 2.05) is 6.07 Å². The van der Waals surface area contributed by atoms with Gasteiger partial charge in [0.15, 0.2) is 11.5 Å². The molecule has 0 bridgehead atoms. The molecular formula is C16H26N2O2+2. The molecule has 2 aliphatic rings. The molecule has 0 unspecified atom stereocenters. The Balaban J connectivity index is 1.46. The van der Waals surface area contributed by atoms with Crippen molar-refractivity contribution in [3.63, 3.8) is 0 Å². The number of quaternary nitrogens is 2. The number of hydrogen-bond donors (Lipinski definition) is 2. The first-order valence-electron chi connectivity index (χ1n) is 7.90. The number of piperidine rings is 1. The van der Waals surface area contributed by atoms with E-state index in [0.29, 0.717) is 6.79 Å². The SMILES string of the molecule is CCC[NH+]1CCC([NH2+]Cc2ccc3c(c2)OCO3)CC1. The molecule has 0 amide bonds. The summed E-state index contributed by atoms with van der Waals surface area (Å²) in [7, 11) is 0. The minimum absolute atomic E-state index is 0.362. The van der Waals surface area contributed by atoms with Gasteiger partial charge in [0.1, 0.15) is 6.54 Å². The molecule has 2 heterocycles. The highest BCUT2D eigenvalue weighted by Gasteiger charge is 2.23. The van der Waals surface area contributed by atoms with E-state index in [9.17, 15) is 0 Å². The summed E-state index contributed by atoms with van der Waals surface area (Å²) in [4.78, 5) is 1.79. The van der Waals surface area contributed by atoms with Gasteiger partial charge >= 0.3 is 0 Å². The number of benzene rings is 1. The predicted octanol–water partition coefficient (Wildman–Crippen LogP) is -0.0640. The van der Waals surface area contributed by atoms with Crippen molar-refractivity contribution >= 4 is 0 Å². The van der Waals surface area contributed by atoms with Crippen LogP contribution in [0.3, 0.4) is 0 Å². The van der Waals surface area contributed by atoms with E-state index in [4.69, 9.17) is 9.47 Å². The summed E-state index contributed by atoms with van der Waals surface area (Å²) < 4.78 is 10.8. The Kier molecular flexibility index (Phi) is 4.43. The Morgan fingerprint density at radius 3 is 2.80 bits per heavy atom. The molecule has 4 nitrogen and oxygen atoms in total. The van der Waals surface area contributed by atoms with E-state index in [0.717, 1.165) is 24.1 Å². The van der Waals surface area contributed by atoms with Crippen molar-refractivity contribution in [1.29, 1.82) is 0 Å². The fourth-order valence-electron chi connectivity index (χ4n) is 3.26. The predicted molar refractivity (Wildman–Crippen MR) is 77.1 cm³/mol. The van der Waals surface area contributed by atoms with Crippen molar-refractivity contribution in [1.82, 2.24) is 0 Å². The summed E-state index contributed by atoms with van der Waals surface area (Å²) in [5, 5.41) is 2.50. The largest absolute Gasteiger partial charge is 0.454 e. The fraction of sp³-hybridized carbons (Fsp3) is 0.625. The summed E-state index contributed by atoms with van der Waals surface area (Å²) in [6.07, 6.45) is 4.00. The molecule has 0 aromatic heterocycles. The van der Waals surface area contributed by atoms with Crippen LogP contribution in [0.4, 0.5) is 0 Å². The highest BCUT2D eigenvalue weighted by atomic mass is 16.7. The van der Waals surface area contributed by atoms with Crippen LogP contribution in [-0.4, -0.2) is 32.5 Å². The molecule has 1 fully saturated rings. The van der Waals surface area contributed by atoms with E-state index in [2.05, 4.69) is 24.4 Å². The lowest BCUT2D eigenvalue weighted by Gasteiger charge is -2.27. The Morgan fingerprint density at radius 1 is 1.20 bits per heavy atom. The van der Waals surface area contributed by atoms with Crippen LogP contribution in [0.25, 0.3) is 0 Å². The maximum Gasteiger partial charge on any atom is 0.231 e. The number of nitrogens with two attached hydrogens (primary N) is 1. The molecule has 0 aliphatic carbocycles. The fourth-order valence-corrected chi connectivity index (χ4v) is 3.26. The topological polar surface area (TPSA) is 39.5 Å². The van der Waals surface area contributed by atoms with Gasteiger partial charge in [0.25, 0.3) is 0 Å². The van der Waals surface area contributed by atoms with Crippen molar-refractivity contribution in [3.8, 4) is 11.5 Å². The first kappa shape index (κ1) is 13.7. The number of nitrogens with one attached hydrogen (secondary N) is 1. The van der Waals surface area contributed by atoms with Gasteiger partial charge in [0.05, 0.1) is 25.7 Å². The van der Waals surface area contributed by atoms with Gasteiger partial charge in [-0.15, -0.1) is 0 Å². The molecule has 1 aromatic rings. The second kappa shape index (κ2) is 6.46. The number of fused-ring (bicyclic) bond motifs is 1. The quantitative estimate of drug-likeness (QED) is 0.792. The second-order valence-corrected chi connectivity index (χ2v) is 5.96. The van der Waals surface area contributed by atoms with E-state index in [1.54, 1.807) is 4.90 Å². The molecule has 20 heavy (non-hydrogen) atoms. The van der Waals surface area contributed by atoms with Crippen LogP contribution < -0.4 is 19.7 Å². The molecule has 0 saturated carbocycles. The first-order valence-corrected chi connectivity index (χ1v) is 7.90. The van der Waals surface area contributed by atoms with Crippen molar-refractivity contribution < 1.29 is 19.7 Å². The molecule has 110 valence electrons.